The summed E-state index contributed by atoms with van der Waals surface area (Å²) < 4.78 is 0. The molecule has 0 unspecified atom stereocenters. The highest BCUT2D eigenvalue weighted by molar-refractivity contribution is 6.30. The Morgan fingerprint density at radius 3 is 1.95 bits per heavy atom. The van der Waals surface area contributed by atoms with Crippen LogP contribution in [0.2, 0.25) is 10.0 Å². The van der Waals surface area contributed by atoms with Crippen molar-refractivity contribution in [3.63, 3.8) is 0 Å². The molecule has 20 heavy (non-hydrogen) atoms. The highest BCUT2D eigenvalue weighted by Gasteiger charge is 2.18. The molecule has 0 aliphatic carbocycles. The third-order valence-electron chi connectivity index (χ3n) is 3.51. The average Bonchev–Trinajstić information content (AvgIpc) is 2.49. The smallest absolute Gasteiger partial charge is 0.128 e. The van der Waals surface area contributed by atoms with Crippen LogP contribution in [0.15, 0.2) is 42.6 Å². The molecule has 0 spiro atoms. The summed E-state index contributed by atoms with van der Waals surface area (Å²) in [6.45, 7) is 3.87. The quantitative estimate of drug-likeness (QED) is 0.843. The summed E-state index contributed by atoms with van der Waals surface area (Å²) in [6, 6.07) is 11.9. The number of hydrogen-bond acceptors (Lipinski definition) is 3. The molecule has 2 aromatic rings. The standard InChI is InChI=1S/C15H15Cl2N3/c16-12-1-4-14(5-2-12)19-7-9-20(10-8-19)15-6-3-13(17)11-18-15/h1-6,11H,7-10H2. The molecule has 1 fully saturated rings. The van der Waals surface area contributed by atoms with Gasteiger partial charge < -0.3 is 9.80 Å². The Hall–Kier alpha value is -1.45. The fraction of sp³-hybridized carbons (Fsp3) is 0.267. The maximum atomic E-state index is 5.92. The molecule has 1 aliphatic rings. The Morgan fingerprint density at radius 2 is 1.35 bits per heavy atom. The lowest BCUT2D eigenvalue weighted by atomic mass is 10.2. The van der Waals surface area contributed by atoms with Gasteiger partial charge in [-0.05, 0) is 36.4 Å². The van der Waals surface area contributed by atoms with Gasteiger partial charge in [0.05, 0.1) is 5.02 Å². The van der Waals surface area contributed by atoms with Gasteiger partial charge in [0.15, 0.2) is 0 Å². The van der Waals surface area contributed by atoms with E-state index in [-0.39, 0.29) is 0 Å². The van der Waals surface area contributed by atoms with Crippen LogP contribution in [0, 0.1) is 0 Å². The van der Waals surface area contributed by atoms with E-state index in [1.165, 1.54) is 5.69 Å². The van der Waals surface area contributed by atoms with Crippen molar-refractivity contribution in [2.75, 3.05) is 36.0 Å². The summed E-state index contributed by atoms with van der Waals surface area (Å²) in [5.74, 6) is 0.991. The van der Waals surface area contributed by atoms with E-state index in [0.717, 1.165) is 37.0 Å². The number of benzene rings is 1. The average molecular weight is 308 g/mol. The second-order valence-corrected chi connectivity index (χ2v) is 5.66. The normalized spacial score (nSPS) is 15.5. The van der Waals surface area contributed by atoms with Gasteiger partial charge in [-0.2, -0.15) is 0 Å². The van der Waals surface area contributed by atoms with Gasteiger partial charge in [-0.15, -0.1) is 0 Å². The van der Waals surface area contributed by atoms with Crippen molar-refractivity contribution in [1.29, 1.82) is 0 Å². The molecular weight excluding hydrogens is 293 g/mol. The summed E-state index contributed by atoms with van der Waals surface area (Å²) in [5, 5.41) is 1.45. The number of halogens is 2. The molecule has 0 saturated carbocycles. The van der Waals surface area contributed by atoms with Gasteiger partial charge in [0.1, 0.15) is 5.82 Å². The van der Waals surface area contributed by atoms with Gasteiger partial charge in [-0.3, -0.25) is 0 Å². The number of piperazine rings is 1. The Kier molecular flexibility index (Phi) is 3.99. The minimum atomic E-state index is 0.675. The third-order valence-corrected chi connectivity index (χ3v) is 3.98. The molecule has 3 nitrogen and oxygen atoms in total. The van der Waals surface area contributed by atoms with E-state index in [9.17, 15) is 0 Å². The Morgan fingerprint density at radius 1 is 0.750 bits per heavy atom. The van der Waals surface area contributed by atoms with E-state index < -0.39 is 0 Å². The van der Waals surface area contributed by atoms with Crippen molar-refractivity contribution in [3.05, 3.63) is 52.6 Å². The zero-order chi connectivity index (χ0) is 13.9. The third kappa shape index (κ3) is 3.00. The molecule has 1 aliphatic heterocycles. The van der Waals surface area contributed by atoms with E-state index in [1.807, 2.05) is 24.3 Å². The minimum absolute atomic E-state index is 0.675. The Balaban J connectivity index is 1.64. The fourth-order valence-corrected chi connectivity index (χ4v) is 2.64. The summed E-state index contributed by atoms with van der Waals surface area (Å²) in [7, 11) is 0. The van der Waals surface area contributed by atoms with Gasteiger partial charge in [0, 0.05) is 43.1 Å². The van der Waals surface area contributed by atoms with Crippen molar-refractivity contribution < 1.29 is 0 Å². The lowest BCUT2D eigenvalue weighted by Gasteiger charge is -2.36. The zero-order valence-electron chi connectivity index (χ0n) is 11.0. The molecule has 0 N–H and O–H groups in total. The minimum Gasteiger partial charge on any atom is -0.368 e. The second kappa shape index (κ2) is 5.90. The first-order valence-electron chi connectivity index (χ1n) is 6.59. The number of aromatic nitrogens is 1. The van der Waals surface area contributed by atoms with Crippen molar-refractivity contribution in [2.45, 2.75) is 0 Å². The summed E-state index contributed by atoms with van der Waals surface area (Å²) in [4.78, 5) is 9.01. The Labute approximate surface area is 128 Å². The topological polar surface area (TPSA) is 19.4 Å². The van der Waals surface area contributed by atoms with Gasteiger partial charge in [0.25, 0.3) is 0 Å². The molecule has 104 valence electrons. The predicted molar refractivity (Wildman–Crippen MR) is 85.1 cm³/mol. The zero-order valence-corrected chi connectivity index (χ0v) is 12.5. The lowest BCUT2D eigenvalue weighted by Crippen LogP contribution is -2.46. The molecule has 0 radical (unpaired) electrons. The molecule has 0 atom stereocenters. The Bertz CT molecular complexity index is 507. The maximum absolute atomic E-state index is 5.92. The number of anilines is 2. The lowest BCUT2D eigenvalue weighted by molar-refractivity contribution is 0.647. The van der Waals surface area contributed by atoms with E-state index in [4.69, 9.17) is 23.2 Å². The van der Waals surface area contributed by atoms with Crippen LogP contribution >= 0.6 is 23.2 Å². The molecule has 0 amide bonds. The molecule has 0 bridgehead atoms. The van der Waals surface area contributed by atoms with Crippen LogP contribution in [-0.4, -0.2) is 31.2 Å². The van der Waals surface area contributed by atoms with E-state index in [2.05, 4.69) is 26.9 Å². The van der Waals surface area contributed by atoms with Crippen LogP contribution in [0.25, 0.3) is 0 Å². The van der Waals surface area contributed by atoms with Gasteiger partial charge in [-0.25, -0.2) is 4.98 Å². The monoisotopic (exact) mass is 307 g/mol. The SMILES string of the molecule is Clc1ccc(N2CCN(c3ccc(Cl)cn3)CC2)cc1. The van der Waals surface area contributed by atoms with Crippen molar-refractivity contribution in [1.82, 2.24) is 4.98 Å². The fourth-order valence-electron chi connectivity index (χ4n) is 2.40. The summed E-state index contributed by atoms with van der Waals surface area (Å²) in [6.07, 6.45) is 1.70. The maximum Gasteiger partial charge on any atom is 0.128 e. The number of pyridine rings is 1. The van der Waals surface area contributed by atoms with Crippen LogP contribution in [-0.2, 0) is 0 Å². The highest BCUT2D eigenvalue weighted by atomic mass is 35.5. The van der Waals surface area contributed by atoms with Crippen molar-refractivity contribution in [2.24, 2.45) is 0 Å². The number of rotatable bonds is 2. The van der Waals surface area contributed by atoms with E-state index in [1.54, 1.807) is 6.20 Å². The predicted octanol–water partition coefficient (Wildman–Crippen LogP) is 3.72. The van der Waals surface area contributed by atoms with Crippen molar-refractivity contribution >= 4 is 34.7 Å². The molecule has 1 aromatic carbocycles. The summed E-state index contributed by atoms with van der Waals surface area (Å²) in [5.41, 5.74) is 1.22. The van der Waals surface area contributed by atoms with Crippen LogP contribution < -0.4 is 9.80 Å². The van der Waals surface area contributed by atoms with Gasteiger partial charge >= 0.3 is 0 Å². The van der Waals surface area contributed by atoms with E-state index in [0.29, 0.717) is 5.02 Å². The molecule has 2 heterocycles. The van der Waals surface area contributed by atoms with Crippen molar-refractivity contribution in [3.8, 4) is 0 Å². The van der Waals surface area contributed by atoms with Gasteiger partial charge in [-0.1, -0.05) is 23.2 Å². The van der Waals surface area contributed by atoms with Gasteiger partial charge in [0.2, 0.25) is 0 Å². The van der Waals surface area contributed by atoms with Crippen LogP contribution in [0.5, 0.6) is 0 Å². The van der Waals surface area contributed by atoms with E-state index >= 15 is 0 Å². The highest BCUT2D eigenvalue weighted by Crippen LogP contribution is 2.21. The molecule has 1 saturated heterocycles. The van der Waals surface area contributed by atoms with Crippen LogP contribution in [0.3, 0.4) is 0 Å². The second-order valence-electron chi connectivity index (χ2n) is 4.79. The molecule has 5 heteroatoms. The first-order chi connectivity index (χ1) is 9.72. The number of hydrogen-bond donors (Lipinski definition) is 0. The molecular formula is C15H15Cl2N3. The first-order valence-corrected chi connectivity index (χ1v) is 7.35. The van der Waals surface area contributed by atoms with Crippen LogP contribution in [0.1, 0.15) is 0 Å². The molecule has 3 rings (SSSR count). The summed E-state index contributed by atoms with van der Waals surface area (Å²) >= 11 is 11.8. The first kappa shape index (κ1) is 13.5. The number of nitrogens with zero attached hydrogens (tertiary/aromatic N) is 3. The largest absolute Gasteiger partial charge is 0.368 e. The van der Waals surface area contributed by atoms with Crippen LogP contribution in [0.4, 0.5) is 11.5 Å². The molecule has 1 aromatic heterocycles.